The van der Waals surface area contributed by atoms with Gasteiger partial charge in [-0.25, -0.2) is 11.1 Å². The molecule has 0 bridgehead atoms. The van der Waals surface area contributed by atoms with Crippen LogP contribution in [0.1, 0.15) is 13.8 Å². The van der Waals surface area contributed by atoms with E-state index in [1.807, 2.05) is 44.2 Å². The molecule has 105 valence electrons. The summed E-state index contributed by atoms with van der Waals surface area (Å²) in [4.78, 5) is 0. The van der Waals surface area contributed by atoms with E-state index in [9.17, 15) is 0 Å². The smallest absolute Gasteiger partial charge is 0.403 e. The topological polar surface area (TPSA) is 32.3 Å². The van der Waals surface area contributed by atoms with Gasteiger partial charge in [-0.3, -0.25) is 11.5 Å². The van der Waals surface area contributed by atoms with E-state index in [2.05, 4.69) is 17.4 Å². The van der Waals surface area contributed by atoms with Gasteiger partial charge >= 0.3 is 7.05 Å². The van der Waals surface area contributed by atoms with Crippen molar-refractivity contribution in [1.82, 2.24) is 0 Å². The van der Waals surface area contributed by atoms with Crippen LogP contribution in [0, 0.1) is 50.7 Å². The van der Waals surface area contributed by atoms with Gasteiger partial charge in [-0.1, -0.05) is 26.0 Å². The minimum atomic E-state index is -0.580. The molecule has 20 heavy (non-hydrogen) atoms. The quantitative estimate of drug-likeness (QED) is 0.366. The number of hydrogen-bond donors (Lipinski definition) is 2. The Kier molecular flexibility index (Phi) is 24.6. The summed E-state index contributed by atoms with van der Waals surface area (Å²) in [6, 6.07) is 16.0. The van der Waals surface area contributed by atoms with Crippen LogP contribution in [0.15, 0.2) is 30.3 Å². The molecule has 0 amide bonds. The van der Waals surface area contributed by atoms with Gasteiger partial charge < -0.3 is 29.8 Å². The van der Waals surface area contributed by atoms with Crippen LogP contribution in [-0.2, 0) is 53.8 Å². The van der Waals surface area contributed by atoms with Crippen LogP contribution in [0.3, 0.4) is 0 Å². The minimum absolute atomic E-state index is 0. The van der Waals surface area contributed by atoms with Gasteiger partial charge in [0, 0.05) is 84.9 Å². The van der Waals surface area contributed by atoms with Gasteiger partial charge in [-0.2, -0.15) is 6.07 Å². The Hall–Kier alpha value is 1.37. The number of hydrogen-bond acceptors (Lipinski definition) is 2. The fraction of sp³-hybridized carbons (Fsp3) is 0.214. The first kappa shape index (κ1) is 29.4. The van der Waals surface area contributed by atoms with Crippen LogP contribution < -0.4 is 5.23 Å². The van der Waals surface area contributed by atoms with Crippen molar-refractivity contribution >= 4 is 23.5 Å². The molecule has 6 heteroatoms. The van der Waals surface area contributed by atoms with Gasteiger partial charge in [0.1, 0.15) is 0 Å². The Morgan fingerprint density at radius 1 is 1.20 bits per heavy atom. The molecule has 0 fully saturated rings. The van der Waals surface area contributed by atoms with E-state index in [-0.39, 0.29) is 92.3 Å². The summed E-state index contributed by atoms with van der Waals surface area (Å²) < 4.78 is 0. The van der Waals surface area contributed by atoms with Gasteiger partial charge in [-0.05, 0) is 6.82 Å². The average molecular weight is 739 g/mol. The summed E-state index contributed by atoms with van der Waals surface area (Å²) >= 11 is 0. The second kappa shape index (κ2) is 16.7. The molecule has 2 aromatic carbocycles. The molecule has 1 radical (unpaired) electrons. The van der Waals surface area contributed by atoms with Crippen molar-refractivity contribution in [3.8, 4) is 0 Å². The molecule has 2 N–H and O–H groups in total. The van der Waals surface area contributed by atoms with Crippen LogP contribution in [0.25, 0.3) is 10.8 Å². The number of rotatable bonds is 2. The zero-order valence-electron chi connectivity index (χ0n) is 12.4. The maximum atomic E-state index is 9.13. The Bertz CT molecular complexity index is 460. The summed E-state index contributed by atoms with van der Waals surface area (Å²) in [5, 5.41) is 14.1. The molecule has 0 heterocycles. The van der Waals surface area contributed by atoms with Crippen molar-refractivity contribution in [2.24, 2.45) is 0 Å². The summed E-state index contributed by atoms with van der Waals surface area (Å²) in [6.07, 6.45) is 0. The number of nitrogens with one attached hydrogen (secondary N) is 1. The SMILES string of the molecule is CB(O)Nc1[c-]cc2ccccc2[c-]1.CC.[CH3-].[U].[W].[Y]. The van der Waals surface area contributed by atoms with Crippen molar-refractivity contribution in [3.05, 3.63) is 49.9 Å². The standard InChI is InChI=1S/C11H10BNO.C2H6.CH3.U.W.Y/c1-12(14)13-11-7-6-9-4-2-3-5-10(9)8-11;1-2;;;;/h2-6,13-14H,1H3;1-2H3;1H3;;;/q-2;;-1;;;. The van der Waals surface area contributed by atoms with Gasteiger partial charge in [-0.15, -0.1) is 6.07 Å². The Morgan fingerprint density at radius 3 is 2.30 bits per heavy atom. The zero-order chi connectivity index (χ0) is 12.0. The molecule has 0 aliphatic heterocycles. The summed E-state index contributed by atoms with van der Waals surface area (Å²) in [6.45, 7) is 5.66. The van der Waals surface area contributed by atoms with E-state index in [1.54, 1.807) is 6.82 Å². The fourth-order valence-corrected chi connectivity index (χ4v) is 1.34. The molecule has 0 aliphatic rings. The predicted octanol–water partition coefficient (Wildman–Crippen LogP) is 3.43. The monoisotopic (exact) mass is 739 g/mol. The minimum Gasteiger partial charge on any atom is -0.448 e. The number of anilines is 1. The van der Waals surface area contributed by atoms with E-state index in [0.29, 0.717) is 5.69 Å². The van der Waals surface area contributed by atoms with Crippen molar-refractivity contribution < 1.29 is 89.9 Å². The number of fused-ring (bicyclic) bond motifs is 1. The molecule has 0 spiro atoms. The summed E-state index contributed by atoms with van der Waals surface area (Å²) in [5.41, 5.74) is 0.693. The molecule has 0 atom stereocenters. The molecule has 0 unspecified atom stereocenters. The van der Waals surface area contributed by atoms with Crippen LogP contribution in [0.2, 0.25) is 6.82 Å². The maximum Gasteiger partial charge on any atom is 0.403 e. The fourth-order valence-electron chi connectivity index (χ4n) is 1.34. The summed E-state index contributed by atoms with van der Waals surface area (Å²) in [5.74, 6) is 0. The van der Waals surface area contributed by atoms with Crippen LogP contribution >= 0.6 is 0 Å². The van der Waals surface area contributed by atoms with Crippen LogP contribution in [0.4, 0.5) is 5.69 Å². The largest absolute Gasteiger partial charge is 0.448 e. The second-order valence-corrected chi connectivity index (χ2v) is 3.20. The van der Waals surface area contributed by atoms with Gasteiger partial charge in [0.05, 0.1) is 0 Å². The molecule has 2 nitrogen and oxygen atoms in total. The van der Waals surface area contributed by atoms with Crippen LogP contribution in [-0.4, -0.2) is 12.1 Å². The molecule has 2 aromatic rings. The molecule has 0 aliphatic carbocycles. The Morgan fingerprint density at radius 2 is 1.75 bits per heavy atom. The molecular weight excluding hydrogens is 720 g/mol. The van der Waals surface area contributed by atoms with Crippen LogP contribution in [0.5, 0.6) is 0 Å². The first-order valence-electron chi connectivity index (χ1n) is 5.53. The van der Waals surface area contributed by atoms with Crippen molar-refractivity contribution in [1.29, 1.82) is 0 Å². The van der Waals surface area contributed by atoms with E-state index >= 15 is 0 Å². The average Bonchev–Trinajstić information content (AvgIpc) is 2.31. The normalized spacial score (nSPS) is 7.40. The van der Waals surface area contributed by atoms with E-state index in [0.717, 1.165) is 10.8 Å². The third-order valence-electron chi connectivity index (χ3n) is 1.95. The first-order chi connectivity index (χ1) is 7.75. The van der Waals surface area contributed by atoms with E-state index in [4.69, 9.17) is 5.02 Å². The first-order valence-corrected chi connectivity index (χ1v) is 5.53. The zero-order valence-corrected chi connectivity index (χ0v) is 22.3. The molecule has 2 rings (SSSR count). The summed E-state index contributed by atoms with van der Waals surface area (Å²) in [7, 11) is -0.580. The Labute approximate surface area is 186 Å². The molecular formula is C14H19BNOUWY-3. The van der Waals surface area contributed by atoms with Crippen molar-refractivity contribution in [2.75, 3.05) is 5.23 Å². The third kappa shape index (κ3) is 10.2. The third-order valence-corrected chi connectivity index (χ3v) is 1.95. The van der Waals surface area contributed by atoms with Gasteiger partial charge in [0.25, 0.3) is 0 Å². The molecule has 0 aromatic heterocycles. The Balaban J connectivity index is -0.000000204. The van der Waals surface area contributed by atoms with E-state index < -0.39 is 7.05 Å². The van der Waals surface area contributed by atoms with Crippen molar-refractivity contribution in [2.45, 2.75) is 20.7 Å². The maximum absolute atomic E-state index is 9.13. The molecule has 0 saturated carbocycles. The van der Waals surface area contributed by atoms with Crippen molar-refractivity contribution in [3.63, 3.8) is 0 Å². The molecule has 0 saturated heterocycles. The number of benzene rings is 2. The predicted molar refractivity (Wildman–Crippen MR) is 76.8 cm³/mol. The van der Waals surface area contributed by atoms with Gasteiger partial charge in [0.15, 0.2) is 0 Å². The van der Waals surface area contributed by atoms with E-state index in [1.165, 1.54) is 0 Å². The second-order valence-electron chi connectivity index (χ2n) is 3.20. The van der Waals surface area contributed by atoms with Gasteiger partial charge in [0.2, 0.25) is 0 Å².